The summed E-state index contributed by atoms with van der Waals surface area (Å²) in [6.45, 7) is 3.95. The summed E-state index contributed by atoms with van der Waals surface area (Å²) < 4.78 is 0. The van der Waals surface area contributed by atoms with Crippen molar-refractivity contribution in [2.75, 3.05) is 14.1 Å². The lowest BCUT2D eigenvalue weighted by molar-refractivity contribution is -0.123. The summed E-state index contributed by atoms with van der Waals surface area (Å²) in [5, 5.41) is 3.05. The van der Waals surface area contributed by atoms with E-state index < -0.39 is 5.54 Å². The maximum atomic E-state index is 12.1. The Morgan fingerprint density at radius 2 is 1.89 bits per heavy atom. The van der Waals surface area contributed by atoms with E-state index in [1.54, 1.807) is 0 Å². The number of amides is 1. The summed E-state index contributed by atoms with van der Waals surface area (Å²) in [6.07, 6.45) is 0.639. The molecule has 0 fully saturated rings. The lowest BCUT2D eigenvalue weighted by atomic mass is 9.96. The fourth-order valence-electron chi connectivity index (χ4n) is 2.47. The van der Waals surface area contributed by atoms with Crippen LogP contribution in [0.2, 0.25) is 0 Å². The van der Waals surface area contributed by atoms with Crippen molar-refractivity contribution in [3.05, 3.63) is 35.9 Å². The molecule has 0 bridgehead atoms. The molecule has 0 aromatic heterocycles. The Labute approximate surface area is 114 Å². The number of aliphatic imine (C=N–C) groups is 1. The van der Waals surface area contributed by atoms with Gasteiger partial charge in [0.2, 0.25) is 5.91 Å². The van der Waals surface area contributed by atoms with Crippen molar-refractivity contribution in [3.8, 4) is 0 Å². The maximum absolute atomic E-state index is 12.1. The zero-order valence-electron chi connectivity index (χ0n) is 12.0. The van der Waals surface area contributed by atoms with Gasteiger partial charge in [0.15, 0.2) is 0 Å². The molecule has 19 heavy (non-hydrogen) atoms. The minimum Gasteiger partial charge on any atom is -0.365 e. The number of hydrogen-bond donors (Lipinski definition) is 1. The van der Waals surface area contributed by atoms with Crippen molar-refractivity contribution in [1.29, 1.82) is 0 Å². The van der Waals surface area contributed by atoms with Gasteiger partial charge in [0.1, 0.15) is 11.9 Å². The van der Waals surface area contributed by atoms with E-state index in [4.69, 9.17) is 0 Å². The first kappa shape index (κ1) is 13.6. The largest absolute Gasteiger partial charge is 0.365 e. The summed E-state index contributed by atoms with van der Waals surface area (Å²) in [7, 11) is 3.91. The molecule has 1 amide bonds. The van der Waals surface area contributed by atoms with Crippen LogP contribution >= 0.6 is 0 Å². The third kappa shape index (κ3) is 2.95. The van der Waals surface area contributed by atoms with E-state index in [9.17, 15) is 4.79 Å². The first-order valence-corrected chi connectivity index (χ1v) is 6.52. The number of rotatable bonds is 2. The van der Waals surface area contributed by atoms with E-state index in [-0.39, 0.29) is 11.9 Å². The molecule has 0 spiro atoms. The lowest BCUT2D eigenvalue weighted by Crippen LogP contribution is -2.60. The van der Waals surface area contributed by atoms with Crippen molar-refractivity contribution >= 4 is 11.7 Å². The highest BCUT2D eigenvalue weighted by Gasteiger charge is 2.36. The van der Waals surface area contributed by atoms with Crippen LogP contribution in [0.25, 0.3) is 0 Å². The summed E-state index contributed by atoms with van der Waals surface area (Å²) in [5.41, 5.74) is 0.720. The van der Waals surface area contributed by atoms with Gasteiger partial charge in [0.25, 0.3) is 0 Å². The molecule has 1 N–H and O–H groups in total. The van der Waals surface area contributed by atoms with E-state index in [0.29, 0.717) is 6.42 Å². The molecule has 1 aliphatic heterocycles. The number of nitrogens with one attached hydrogen (secondary N) is 1. The Bertz CT molecular complexity index is 491. The van der Waals surface area contributed by atoms with Crippen LogP contribution in [0, 0.1) is 0 Å². The predicted octanol–water partition coefficient (Wildman–Crippen LogP) is 1.47. The smallest absolute Gasteiger partial charge is 0.245 e. The third-order valence-corrected chi connectivity index (χ3v) is 3.27. The molecule has 0 saturated carbocycles. The average molecular weight is 259 g/mol. The van der Waals surface area contributed by atoms with E-state index in [0.717, 1.165) is 11.4 Å². The maximum Gasteiger partial charge on any atom is 0.245 e. The van der Waals surface area contributed by atoms with Crippen LogP contribution in [0.15, 0.2) is 35.3 Å². The highest BCUT2D eigenvalue weighted by Crippen LogP contribution is 2.18. The SMILES string of the molecule is CN(C)C1=N[C@@H](Cc2ccccc2)C(=O)NC1(C)C. The van der Waals surface area contributed by atoms with Crippen LogP contribution in [0.4, 0.5) is 0 Å². The minimum atomic E-state index is -0.409. The molecule has 1 heterocycles. The summed E-state index contributed by atoms with van der Waals surface area (Å²) in [6, 6.07) is 9.65. The van der Waals surface area contributed by atoms with E-state index in [1.807, 2.05) is 63.2 Å². The summed E-state index contributed by atoms with van der Waals surface area (Å²) in [4.78, 5) is 18.8. The standard InChI is InChI=1S/C15H21N3O/c1-15(2)14(18(3)4)16-12(13(19)17-15)10-11-8-6-5-7-9-11/h5-9,12H,10H2,1-4H3,(H,17,19)/t12-/m0/s1. The zero-order chi connectivity index (χ0) is 14.0. The Morgan fingerprint density at radius 1 is 1.26 bits per heavy atom. The minimum absolute atomic E-state index is 0.000506. The topological polar surface area (TPSA) is 44.7 Å². The van der Waals surface area contributed by atoms with Gasteiger partial charge in [-0.2, -0.15) is 0 Å². The highest BCUT2D eigenvalue weighted by atomic mass is 16.2. The molecule has 1 aromatic rings. The van der Waals surface area contributed by atoms with Crippen molar-refractivity contribution < 1.29 is 4.79 Å². The van der Waals surface area contributed by atoms with Crippen LogP contribution in [0.5, 0.6) is 0 Å². The highest BCUT2D eigenvalue weighted by molar-refractivity contribution is 6.00. The van der Waals surface area contributed by atoms with Gasteiger partial charge in [-0.1, -0.05) is 30.3 Å². The number of likely N-dealkylation sites (N-methyl/N-ethyl adjacent to an activating group) is 1. The monoisotopic (exact) mass is 259 g/mol. The molecular formula is C15H21N3O. The van der Waals surface area contributed by atoms with Gasteiger partial charge in [0.05, 0.1) is 5.54 Å². The van der Waals surface area contributed by atoms with Crippen LogP contribution in [0.3, 0.4) is 0 Å². The molecule has 0 radical (unpaired) electrons. The van der Waals surface area contributed by atoms with Crippen molar-refractivity contribution in [1.82, 2.24) is 10.2 Å². The van der Waals surface area contributed by atoms with E-state index in [2.05, 4.69) is 10.3 Å². The Hall–Kier alpha value is -1.84. The zero-order valence-corrected chi connectivity index (χ0v) is 12.0. The fraction of sp³-hybridized carbons (Fsp3) is 0.467. The molecule has 102 valence electrons. The average Bonchev–Trinajstić information content (AvgIpc) is 2.32. The first-order chi connectivity index (χ1) is 8.90. The molecule has 4 nitrogen and oxygen atoms in total. The van der Waals surface area contributed by atoms with Crippen LogP contribution in [-0.2, 0) is 11.2 Å². The van der Waals surface area contributed by atoms with E-state index >= 15 is 0 Å². The van der Waals surface area contributed by atoms with Gasteiger partial charge < -0.3 is 10.2 Å². The van der Waals surface area contributed by atoms with Crippen LogP contribution in [0.1, 0.15) is 19.4 Å². The summed E-state index contributed by atoms with van der Waals surface area (Å²) >= 11 is 0. The lowest BCUT2D eigenvalue weighted by Gasteiger charge is -2.37. The number of benzene rings is 1. The normalized spacial score (nSPS) is 21.6. The third-order valence-electron chi connectivity index (χ3n) is 3.27. The second kappa shape index (κ2) is 5.03. The fourth-order valence-corrected chi connectivity index (χ4v) is 2.47. The molecular weight excluding hydrogens is 238 g/mol. The predicted molar refractivity (Wildman–Crippen MR) is 77.3 cm³/mol. The molecule has 0 saturated heterocycles. The van der Waals surface area contributed by atoms with Gasteiger partial charge in [-0.25, -0.2) is 0 Å². The van der Waals surface area contributed by atoms with Gasteiger partial charge in [-0.3, -0.25) is 9.79 Å². The number of carbonyl (C=O) groups excluding carboxylic acids is 1. The Kier molecular flexibility index (Phi) is 3.60. The number of nitrogens with zero attached hydrogens (tertiary/aromatic N) is 2. The van der Waals surface area contributed by atoms with Gasteiger partial charge >= 0.3 is 0 Å². The Balaban J connectivity index is 2.26. The van der Waals surface area contributed by atoms with Crippen LogP contribution < -0.4 is 5.32 Å². The number of carbonyl (C=O) groups is 1. The quantitative estimate of drug-likeness (QED) is 0.874. The van der Waals surface area contributed by atoms with Crippen molar-refractivity contribution in [2.24, 2.45) is 4.99 Å². The Morgan fingerprint density at radius 3 is 2.47 bits per heavy atom. The molecule has 0 unspecified atom stereocenters. The first-order valence-electron chi connectivity index (χ1n) is 6.52. The van der Waals surface area contributed by atoms with E-state index in [1.165, 1.54) is 0 Å². The molecule has 1 aromatic carbocycles. The number of amidine groups is 1. The van der Waals surface area contributed by atoms with Crippen molar-refractivity contribution in [2.45, 2.75) is 31.8 Å². The van der Waals surface area contributed by atoms with Crippen LogP contribution in [-0.4, -0.2) is 42.3 Å². The molecule has 0 aliphatic carbocycles. The second-order valence-corrected chi connectivity index (χ2v) is 5.67. The van der Waals surface area contributed by atoms with Gasteiger partial charge in [0, 0.05) is 20.5 Å². The molecule has 2 rings (SSSR count). The second-order valence-electron chi connectivity index (χ2n) is 5.67. The molecule has 4 heteroatoms. The number of hydrogen-bond acceptors (Lipinski definition) is 3. The molecule has 1 atom stereocenters. The molecule has 1 aliphatic rings. The van der Waals surface area contributed by atoms with Gasteiger partial charge in [-0.05, 0) is 19.4 Å². The van der Waals surface area contributed by atoms with Gasteiger partial charge in [-0.15, -0.1) is 0 Å². The van der Waals surface area contributed by atoms with Crippen molar-refractivity contribution in [3.63, 3.8) is 0 Å². The summed E-state index contributed by atoms with van der Waals surface area (Å²) in [5.74, 6) is 0.910.